The van der Waals surface area contributed by atoms with E-state index in [0.717, 1.165) is 27.1 Å². The van der Waals surface area contributed by atoms with Gasteiger partial charge in [0.05, 0.1) is 21.5 Å². The Morgan fingerprint density at radius 1 is 0.967 bits per heavy atom. The Morgan fingerprint density at radius 3 is 2.63 bits per heavy atom. The first kappa shape index (κ1) is 17.2. The molecule has 0 aliphatic heterocycles. The Bertz CT molecular complexity index is 1500. The van der Waals surface area contributed by atoms with Gasteiger partial charge in [-0.05, 0) is 31.2 Å². The molecule has 0 bridgehead atoms. The van der Waals surface area contributed by atoms with E-state index in [1.54, 1.807) is 10.7 Å². The molecule has 0 saturated carbocycles. The highest BCUT2D eigenvalue weighted by Crippen LogP contribution is 2.43. The first-order valence-corrected chi connectivity index (χ1v) is 10.3. The molecule has 0 spiro atoms. The maximum Gasteiger partial charge on any atom is 0.212 e. The fourth-order valence-corrected chi connectivity index (χ4v) is 4.96. The zero-order chi connectivity index (χ0) is 20.4. The predicted molar refractivity (Wildman–Crippen MR) is 116 cm³/mol. The highest BCUT2D eigenvalue weighted by atomic mass is 32.1. The largest absolute Gasteiger partial charge is 0.288 e. The van der Waals surface area contributed by atoms with Crippen LogP contribution in [0, 0.1) is 12.7 Å². The summed E-state index contributed by atoms with van der Waals surface area (Å²) in [7, 11) is 0. The first-order chi connectivity index (χ1) is 14.6. The van der Waals surface area contributed by atoms with Crippen molar-refractivity contribution >= 4 is 27.3 Å². The smallest absolute Gasteiger partial charge is 0.212 e. The number of hydrogen-bond donors (Lipinski definition) is 0. The number of carbonyl (C=O) groups excluding carboxylic acids is 1. The van der Waals surface area contributed by atoms with E-state index in [9.17, 15) is 9.18 Å². The summed E-state index contributed by atoms with van der Waals surface area (Å²) in [5, 5.41) is 5.44. The summed E-state index contributed by atoms with van der Waals surface area (Å²) in [4.78, 5) is 18.0. The van der Waals surface area contributed by atoms with Gasteiger partial charge in [-0.1, -0.05) is 59.4 Å². The summed E-state index contributed by atoms with van der Waals surface area (Å²) in [5.74, 6) is -0.333. The minimum Gasteiger partial charge on any atom is -0.288 e. The Kier molecular flexibility index (Phi) is 3.55. The Balaban J connectivity index is 1.67. The average Bonchev–Trinajstić information content (AvgIpc) is 3.41. The molecule has 5 aromatic rings. The lowest BCUT2D eigenvalue weighted by Gasteiger charge is -2.04. The third-order valence-electron chi connectivity index (χ3n) is 5.35. The van der Waals surface area contributed by atoms with E-state index in [1.807, 2.05) is 55.5 Å². The third kappa shape index (κ3) is 2.40. The summed E-state index contributed by atoms with van der Waals surface area (Å²) in [5.41, 5.74) is 6.16. The standard InChI is InChI=1S/C24H14FN3OS/c1-13-5-4-6-14(11-13)21-20-22(16-7-2-3-8-17(16)23(20)29)28(27-21)24-26-18-10-9-15(25)12-19(18)30-24/h2-12H,1H3. The van der Waals surface area contributed by atoms with E-state index in [2.05, 4.69) is 4.98 Å². The number of nitrogens with zero attached hydrogens (tertiary/aromatic N) is 3. The highest BCUT2D eigenvalue weighted by Gasteiger charge is 2.35. The lowest BCUT2D eigenvalue weighted by Crippen LogP contribution is -2.00. The van der Waals surface area contributed by atoms with Gasteiger partial charge in [-0.2, -0.15) is 5.10 Å². The van der Waals surface area contributed by atoms with Crippen LogP contribution in [0.25, 0.3) is 37.9 Å². The number of aryl methyl sites for hydroxylation is 1. The molecule has 0 amide bonds. The summed E-state index contributed by atoms with van der Waals surface area (Å²) in [6, 6.07) is 20.1. The van der Waals surface area contributed by atoms with Crippen LogP contribution in [0.15, 0.2) is 66.7 Å². The van der Waals surface area contributed by atoms with Gasteiger partial charge in [0, 0.05) is 16.7 Å². The molecule has 1 aliphatic rings. The number of halogens is 1. The van der Waals surface area contributed by atoms with Gasteiger partial charge in [0.25, 0.3) is 0 Å². The number of carbonyl (C=O) groups is 1. The van der Waals surface area contributed by atoms with Crippen molar-refractivity contribution in [3.05, 3.63) is 89.2 Å². The molecule has 144 valence electrons. The molecule has 0 atom stereocenters. The number of ketones is 1. The fourth-order valence-electron chi connectivity index (χ4n) is 4.01. The number of fused-ring (bicyclic) bond motifs is 4. The van der Waals surface area contributed by atoms with Crippen molar-refractivity contribution in [2.24, 2.45) is 0 Å². The molecule has 6 heteroatoms. The van der Waals surface area contributed by atoms with Gasteiger partial charge >= 0.3 is 0 Å². The van der Waals surface area contributed by atoms with Gasteiger partial charge in [-0.15, -0.1) is 0 Å². The molecule has 0 saturated heterocycles. The first-order valence-electron chi connectivity index (χ1n) is 9.51. The average molecular weight is 411 g/mol. The second kappa shape index (κ2) is 6.18. The normalized spacial score (nSPS) is 12.4. The Morgan fingerprint density at radius 2 is 1.80 bits per heavy atom. The van der Waals surface area contributed by atoms with Gasteiger partial charge in [-0.25, -0.2) is 14.1 Å². The van der Waals surface area contributed by atoms with E-state index in [1.165, 1.54) is 23.5 Å². The van der Waals surface area contributed by atoms with Crippen LogP contribution in [0.2, 0.25) is 0 Å². The van der Waals surface area contributed by atoms with Gasteiger partial charge in [0.1, 0.15) is 11.5 Å². The van der Waals surface area contributed by atoms with Crippen LogP contribution in [0.4, 0.5) is 4.39 Å². The number of aromatic nitrogens is 3. The van der Waals surface area contributed by atoms with Crippen molar-refractivity contribution in [3.8, 4) is 27.6 Å². The number of thiazole rings is 1. The number of rotatable bonds is 2. The van der Waals surface area contributed by atoms with Crippen molar-refractivity contribution in [1.29, 1.82) is 0 Å². The topological polar surface area (TPSA) is 47.8 Å². The van der Waals surface area contributed by atoms with Crippen LogP contribution in [-0.2, 0) is 0 Å². The molecule has 30 heavy (non-hydrogen) atoms. The summed E-state index contributed by atoms with van der Waals surface area (Å²) in [6.07, 6.45) is 0. The molecular formula is C24H14FN3OS. The van der Waals surface area contributed by atoms with Crippen LogP contribution in [-0.4, -0.2) is 20.5 Å². The SMILES string of the molecule is Cc1cccc(-c2nn(-c3nc4ccc(F)cc4s3)c3c2C(=O)c2ccccc2-3)c1. The van der Waals surface area contributed by atoms with Crippen LogP contribution >= 0.6 is 11.3 Å². The number of benzene rings is 3. The molecule has 2 heterocycles. The predicted octanol–water partition coefficient (Wildman–Crippen LogP) is 5.81. The second-order valence-corrected chi connectivity index (χ2v) is 8.35. The van der Waals surface area contributed by atoms with Gasteiger partial charge in [-0.3, -0.25) is 4.79 Å². The molecule has 0 unspecified atom stereocenters. The molecule has 0 fully saturated rings. The quantitative estimate of drug-likeness (QED) is 0.361. The zero-order valence-corrected chi connectivity index (χ0v) is 16.7. The Hall–Kier alpha value is -3.64. The lowest BCUT2D eigenvalue weighted by atomic mass is 10.0. The summed E-state index contributed by atoms with van der Waals surface area (Å²) < 4.78 is 16.2. The monoisotopic (exact) mass is 411 g/mol. The molecule has 6 rings (SSSR count). The van der Waals surface area contributed by atoms with E-state index >= 15 is 0 Å². The zero-order valence-electron chi connectivity index (χ0n) is 15.9. The maximum atomic E-state index is 13.7. The molecule has 3 aromatic carbocycles. The van der Waals surface area contributed by atoms with Crippen LogP contribution < -0.4 is 0 Å². The third-order valence-corrected chi connectivity index (χ3v) is 6.34. The van der Waals surface area contributed by atoms with Crippen molar-refractivity contribution < 1.29 is 9.18 Å². The molecule has 0 radical (unpaired) electrons. The van der Waals surface area contributed by atoms with Crippen LogP contribution in [0.1, 0.15) is 21.5 Å². The molecule has 1 aliphatic carbocycles. The molecule has 0 N–H and O–H groups in total. The van der Waals surface area contributed by atoms with E-state index in [4.69, 9.17) is 5.10 Å². The minimum absolute atomic E-state index is 0.0319. The molecular weight excluding hydrogens is 397 g/mol. The fraction of sp³-hybridized carbons (Fsp3) is 0.0417. The molecule has 4 nitrogen and oxygen atoms in total. The van der Waals surface area contributed by atoms with Crippen molar-refractivity contribution in [2.75, 3.05) is 0 Å². The van der Waals surface area contributed by atoms with E-state index in [0.29, 0.717) is 27.5 Å². The minimum atomic E-state index is -0.302. The van der Waals surface area contributed by atoms with Gasteiger partial charge in [0.15, 0.2) is 5.78 Å². The highest BCUT2D eigenvalue weighted by molar-refractivity contribution is 7.20. The van der Waals surface area contributed by atoms with Gasteiger partial charge in [0.2, 0.25) is 5.13 Å². The maximum absolute atomic E-state index is 13.7. The summed E-state index contributed by atoms with van der Waals surface area (Å²) in [6.45, 7) is 2.01. The van der Waals surface area contributed by atoms with Crippen molar-refractivity contribution in [2.45, 2.75) is 6.92 Å². The van der Waals surface area contributed by atoms with Crippen molar-refractivity contribution in [1.82, 2.24) is 14.8 Å². The molecule has 2 aromatic heterocycles. The van der Waals surface area contributed by atoms with Gasteiger partial charge < -0.3 is 0 Å². The summed E-state index contributed by atoms with van der Waals surface area (Å²) >= 11 is 1.36. The van der Waals surface area contributed by atoms with Crippen LogP contribution in [0.5, 0.6) is 0 Å². The van der Waals surface area contributed by atoms with Crippen LogP contribution in [0.3, 0.4) is 0 Å². The van der Waals surface area contributed by atoms with Crippen molar-refractivity contribution in [3.63, 3.8) is 0 Å². The Labute approximate surface area is 175 Å². The van der Waals surface area contributed by atoms with E-state index < -0.39 is 0 Å². The second-order valence-electron chi connectivity index (χ2n) is 7.34. The number of hydrogen-bond acceptors (Lipinski definition) is 4. The lowest BCUT2D eigenvalue weighted by molar-refractivity contribution is 0.104. The van der Waals surface area contributed by atoms with E-state index in [-0.39, 0.29) is 11.6 Å².